The van der Waals surface area contributed by atoms with Crippen LogP contribution in [0.3, 0.4) is 0 Å². The Morgan fingerprint density at radius 1 is 1.00 bits per heavy atom. The molecule has 2 aromatic carbocycles. The second kappa shape index (κ2) is 7.02. The zero-order chi connectivity index (χ0) is 16.2. The Kier molecular flexibility index (Phi) is 4.43. The van der Waals surface area contributed by atoms with Crippen LogP contribution in [0, 0.1) is 0 Å². The average molecular weight is 317 g/mol. The number of likely N-dealkylation sites (tertiary alicyclic amines) is 1. The molecule has 1 aromatic heterocycles. The smallest absolute Gasteiger partial charge is 0.125 e. The van der Waals surface area contributed by atoms with Crippen molar-refractivity contribution in [1.82, 2.24) is 9.88 Å². The molecule has 3 heteroatoms. The van der Waals surface area contributed by atoms with E-state index < -0.39 is 0 Å². The van der Waals surface area contributed by atoms with Crippen LogP contribution in [0.25, 0.3) is 10.8 Å². The second-order valence-electron chi connectivity index (χ2n) is 6.53. The van der Waals surface area contributed by atoms with Gasteiger partial charge >= 0.3 is 0 Å². The molecular formula is C21H23N3. The fourth-order valence-corrected chi connectivity index (χ4v) is 3.58. The average Bonchev–Trinajstić information content (AvgIpc) is 3.11. The van der Waals surface area contributed by atoms with Gasteiger partial charge in [0.15, 0.2) is 0 Å². The van der Waals surface area contributed by atoms with Crippen molar-refractivity contribution in [3.63, 3.8) is 0 Å². The number of nitrogens with zero attached hydrogens (tertiary/aromatic N) is 2. The number of fused-ring (bicyclic) bond motifs is 1. The maximum Gasteiger partial charge on any atom is 0.125 e. The van der Waals surface area contributed by atoms with Crippen molar-refractivity contribution in [2.45, 2.75) is 12.3 Å². The van der Waals surface area contributed by atoms with Gasteiger partial charge in [-0.2, -0.15) is 0 Å². The van der Waals surface area contributed by atoms with Gasteiger partial charge in [-0.3, -0.25) is 0 Å². The zero-order valence-corrected chi connectivity index (χ0v) is 13.9. The molecule has 1 aliphatic heterocycles. The van der Waals surface area contributed by atoms with E-state index in [9.17, 15) is 0 Å². The molecule has 122 valence electrons. The van der Waals surface area contributed by atoms with Crippen molar-refractivity contribution in [3.05, 3.63) is 72.4 Å². The minimum absolute atomic E-state index is 0.657. The number of rotatable bonds is 5. The van der Waals surface area contributed by atoms with Crippen molar-refractivity contribution in [3.8, 4) is 0 Å². The van der Waals surface area contributed by atoms with Crippen LogP contribution in [-0.2, 0) is 0 Å². The molecule has 4 rings (SSSR count). The van der Waals surface area contributed by atoms with E-state index in [1.807, 2.05) is 24.4 Å². The van der Waals surface area contributed by atoms with E-state index in [1.54, 1.807) is 0 Å². The van der Waals surface area contributed by atoms with Gasteiger partial charge in [0.25, 0.3) is 0 Å². The summed E-state index contributed by atoms with van der Waals surface area (Å²) in [5, 5.41) is 6.08. The van der Waals surface area contributed by atoms with Crippen LogP contribution in [0.4, 0.5) is 5.82 Å². The summed E-state index contributed by atoms with van der Waals surface area (Å²) in [6, 6.07) is 21.5. The Labute approximate surface area is 143 Å². The van der Waals surface area contributed by atoms with Gasteiger partial charge in [-0.1, -0.05) is 48.5 Å². The predicted octanol–water partition coefficient (Wildman–Crippen LogP) is 4.14. The summed E-state index contributed by atoms with van der Waals surface area (Å²) in [4.78, 5) is 6.86. The normalized spacial score (nSPS) is 18.1. The number of hydrogen-bond acceptors (Lipinski definition) is 3. The molecule has 0 amide bonds. The van der Waals surface area contributed by atoms with E-state index in [4.69, 9.17) is 0 Å². The van der Waals surface area contributed by atoms with Crippen LogP contribution in [0.5, 0.6) is 0 Å². The fraction of sp³-hybridized carbons (Fsp3) is 0.286. The van der Waals surface area contributed by atoms with Crippen molar-refractivity contribution in [1.29, 1.82) is 0 Å². The highest BCUT2D eigenvalue weighted by Crippen LogP contribution is 2.29. The molecule has 0 radical (unpaired) electrons. The molecule has 1 atom stereocenters. The van der Waals surface area contributed by atoms with Gasteiger partial charge in [0.2, 0.25) is 0 Å². The van der Waals surface area contributed by atoms with E-state index in [0.29, 0.717) is 5.92 Å². The summed E-state index contributed by atoms with van der Waals surface area (Å²) in [7, 11) is 0. The van der Waals surface area contributed by atoms with Gasteiger partial charge < -0.3 is 10.2 Å². The highest BCUT2D eigenvalue weighted by Gasteiger charge is 2.23. The molecule has 0 saturated carbocycles. The van der Waals surface area contributed by atoms with Crippen LogP contribution in [0.1, 0.15) is 17.9 Å². The molecule has 0 bridgehead atoms. The van der Waals surface area contributed by atoms with E-state index in [2.05, 4.69) is 57.7 Å². The molecule has 0 aliphatic carbocycles. The van der Waals surface area contributed by atoms with Gasteiger partial charge in [-0.05, 0) is 47.4 Å². The third-order valence-corrected chi connectivity index (χ3v) is 4.92. The number of pyridine rings is 1. The number of nitrogens with one attached hydrogen (secondary N) is 1. The van der Waals surface area contributed by atoms with Crippen molar-refractivity contribution < 1.29 is 0 Å². The summed E-state index contributed by atoms with van der Waals surface area (Å²) in [5.74, 6) is 1.62. The topological polar surface area (TPSA) is 28.2 Å². The Morgan fingerprint density at radius 2 is 1.88 bits per heavy atom. The minimum Gasteiger partial charge on any atom is -0.369 e. The van der Waals surface area contributed by atoms with Gasteiger partial charge in [0.05, 0.1) is 0 Å². The first-order valence-electron chi connectivity index (χ1n) is 8.74. The van der Waals surface area contributed by atoms with Gasteiger partial charge in [-0.15, -0.1) is 0 Å². The van der Waals surface area contributed by atoms with Crippen LogP contribution in [0.2, 0.25) is 0 Å². The Bertz CT molecular complexity index is 800. The van der Waals surface area contributed by atoms with Crippen LogP contribution >= 0.6 is 0 Å². The van der Waals surface area contributed by atoms with Gasteiger partial charge in [-0.25, -0.2) is 4.98 Å². The summed E-state index contributed by atoms with van der Waals surface area (Å²) in [6.07, 6.45) is 3.08. The van der Waals surface area contributed by atoms with Crippen molar-refractivity contribution in [2.24, 2.45) is 0 Å². The molecule has 3 nitrogen and oxygen atoms in total. The lowest BCUT2D eigenvalue weighted by Gasteiger charge is -2.17. The van der Waals surface area contributed by atoms with E-state index in [0.717, 1.165) is 25.5 Å². The van der Waals surface area contributed by atoms with Crippen LogP contribution in [0.15, 0.2) is 66.9 Å². The number of benzene rings is 2. The largest absolute Gasteiger partial charge is 0.369 e. The van der Waals surface area contributed by atoms with Crippen molar-refractivity contribution in [2.75, 3.05) is 31.5 Å². The highest BCUT2D eigenvalue weighted by molar-refractivity contribution is 5.83. The van der Waals surface area contributed by atoms with Gasteiger partial charge in [0, 0.05) is 25.8 Å². The minimum atomic E-state index is 0.657. The second-order valence-corrected chi connectivity index (χ2v) is 6.53. The number of aromatic nitrogens is 1. The number of anilines is 1. The Hall–Kier alpha value is -2.39. The molecule has 1 aliphatic rings. The fourth-order valence-electron chi connectivity index (χ4n) is 3.58. The van der Waals surface area contributed by atoms with E-state index >= 15 is 0 Å². The molecule has 1 fully saturated rings. The zero-order valence-electron chi connectivity index (χ0n) is 13.9. The molecular weight excluding hydrogens is 294 g/mol. The molecule has 0 unspecified atom stereocenters. The third-order valence-electron chi connectivity index (χ3n) is 4.92. The standard InChI is InChI=1S/C21H23N3/c1-2-6-18-15-19(9-8-17(18)5-1)20-10-13-24(16-20)14-12-23-21-7-3-4-11-22-21/h1-9,11,15,20H,10,12-14,16H2,(H,22,23)/t20-/m0/s1. The maximum absolute atomic E-state index is 4.30. The molecule has 1 N–H and O–H groups in total. The Morgan fingerprint density at radius 3 is 2.75 bits per heavy atom. The molecule has 1 saturated heterocycles. The summed E-state index contributed by atoms with van der Waals surface area (Å²) < 4.78 is 0. The summed E-state index contributed by atoms with van der Waals surface area (Å²) in [6.45, 7) is 4.35. The van der Waals surface area contributed by atoms with Crippen molar-refractivity contribution >= 4 is 16.6 Å². The lowest BCUT2D eigenvalue weighted by molar-refractivity contribution is 0.348. The van der Waals surface area contributed by atoms with Crippen LogP contribution < -0.4 is 5.32 Å². The summed E-state index contributed by atoms with van der Waals surface area (Å²) in [5.41, 5.74) is 1.48. The predicted molar refractivity (Wildman–Crippen MR) is 100 cm³/mol. The molecule has 3 aromatic rings. The monoisotopic (exact) mass is 317 g/mol. The highest BCUT2D eigenvalue weighted by atomic mass is 15.2. The van der Waals surface area contributed by atoms with E-state index in [1.165, 1.54) is 29.3 Å². The van der Waals surface area contributed by atoms with E-state index in [-0.39, 0.29) is 0 Å². The Balaban J connectivity index is 1.33. The van der Waals surface area contributed by atoms with Crippen LogP contribution in [-0.4, -0.2) is 36.1 Å². The quantitative estimate of drug-likeness (QED) is 0.766. The lowest BCUT2D eigenvalue weighted by Crippen LogP contribution is -2.27. The molecule has 2 heterocycles. The maximum atomic E-state index is 4.30. The first-order chi connectivity index (χ1) is 11.9. The number of hydrogen-bond donors (Lipinski definition) is 1. The van der Waals surface area contributed by atoms with Gasteiger partial charge in [0.1, 0.15) is 5.82 Å². The molecule has 24 heavy (non-hydrogen) atoms. The summed E-state index contributed by atoms with van der Waals surface area (Å²) >= 11 is 0. The third kappa shape index (κ3) is 3.41. The SMILES string of the molecule is c1ccc(NCCN2CC[C@H](c3ccc4ccccc4c3)C2)nc1. The first kappa shape index (κ1) is 15.2. The molecule has 0 spiro atoms. The first-order valence-corrected chi connectivity index (χ1v) is 8.74. The lowest BCUT2D eigenvalue weighted by atomic mass is 9.96.